The van der Waals surface area contributed by atoms with E-state index >= 15 is 0 Å². The van der Waals surface area contributed by atoms with Crippen molar-refractivity contribution < 1.29 is 14.3 Å². The molecule has 0 aliphatic carbocycles. The van der Waals surface area contributed by atoms with Crippen LogP contribution in [-0.4, -0.2) is 11.0 Å². The van der Waals surface area contributed by atoms with E-state index in [-0.39, 0.29) is 5.25 Å². The van der Waals surface area contributed by atoms with E-state index in [2.05, 4.69) is 21.9 Å². The number of hydrogen-bond acceptors (Lipinski definition) is 5. The summed E-state index contributed by atoms with van der Waals surface area (Å²) in [4.78, 5) is 6.12. The number of fused-ring (bicyclic) bond motifs is 1. The molecule has 148 valence electrons. The lowest BCUT2D eigenvalue weighted by molar-refractivity contribution is -0.670. The molecule has 5 rings (SSSR count). The second-order valence-electron chi connectivity index (χ2n) is 6.87. The van der Waals surface area contributed by atoms with Crippen LogP contribution in [-0.2, 0) is 0 Å². The van der Waals surface area contributed by atoms with Gasteiger partial charge in [0.1, 0.15) is 5.95 Å². The highest BCUT2D eigenvalue weighted by atomic mass is 35.5. The molecule has 0 fully saturated rings. The van der Waals surface area contributed by atoms with Crippen molar-refractivity contribution in [1.29, 1.82) is 0 Å². The first kappa shape index (κ1) is 18.9. The molecule has 5 nitrogen and oxygen atoms in total. The Morgan fingerprint density at radius 3 is 2.53 bits per heavy atom. The molecule has 0 bridgehead atoms. The Labute approximate surface area is 182 Å². The fourth-order valence-corrected chi connectivity index (χ4v) is 5.07. The van der Waals surface area contributed by atoms with Crippen LogP contribution in [0.2, 0.25) is 5.02 Å². The molecule has 1 aliphatic heterocycles. The lowest BCUT2D eigenvalue weighted by Crippen LogP contribution is -2.31. The molecule has 0 radical (unpaired) electrons. The third-order valence-electron chi connectivity index (χ3n) is 4.93. The molecule has 0 N–H and O–H groups in total. The van der Waals surface area contributed by atoms with Crippen molar-refractivity contribution in [3.8, 4) is 11.6 Å². The molecular formula is C23H16ClN3O2S. The summed E-state index contributed by atoms with van der Waals surface area (Å²) < 4.78 is 6.03. The van der Waals surface area contributed by atoms with Gasteiger partial charge < -0.3 is 9.63 Å². The van der Waals surface area contributed by atoms with Crippen LogP contribution in [0, 0.1) is 0 Å². The zero-order valence-electron chi connectivity index (χ0n) is 15.7. The average Bonchev–Trinajstić information content (AvgIpc) is 3.11. The first-order valence-electron chi connectivity index (χ1n) is 9.41. The Kier molecular flexibility index (Phi) is 5.02. The van der Waals surface area contributed by atoms with E-state index in [1.54, 1.807) is 11.8 Å². The highest BCUT2D eigenvalue weighted by molar-refractivity contribution is 7.99. The van der Waals surface area contributed by atoms with Crippen molar-refractivity contribution in [1.82, 2.24) is 5.27 Å². The van der Waals surface area contributed by atoms with Gasteiger partial charge in [-0.25, -0.2) is 0 Å². The SMILES string of the molecule is [O-]c1c[n+](-c2ccc(C3=Nc4ccccc4SC(c4ccccc4Cl)C3)cc2)no1. The van der Waals surface area contributed by atoms with Gasteiger partial charge in [0.05, 0.1) is 11.0 Å². The summed E-state index contributed by atoms with van der Waals surface area (Å²) >= 11 is 8.31. The first-order chi connectivity index (χ1) is 14.7. The van der Waals surface area contributed by atoms with Gasteiger partial charge in [0.15, 0.2) is 0 Å². The smallest absolute Gasteiger partial charge is 0.239 e. The third kappa shape index (κ3) is 3.72. The van der Waals surface area contributed by atoms with Crippen molar-refractivity contribution in [3.63, 3.8) is 0 Å². The molecule has 3 aromatic carbocycles. The number of hydrogen-bond donors (Lipinski definition) is 0. The maximum absolute atomic E-state index is 11.2. The largest absolute Gasteiger partial charge is 0.539 e. The number of nitrogens with zero attached hydrogens (tertiary/aromatic N) is 3. The van der Waals surface area contributed by atoms with Gasteiger partial charge in [0, 0.05) is 39.4 Å². The third-order valence-corrected chi connectivity index (χ3v) is 6.58. The zero-order chi connectivity index (χ0) is 20.5. The number of aromatic nitrogens is 2. The molecule has 0 amide bonds. The monoisotopic (exact) mass is 433 g/mol. The predicted octanol–water partition coefficient (Wildman–Crippen LogP) is 5.04. The van der Waals surface area contributed by atoms with E-state index in [0.717, 1.165) is 44.6 Å². The van der Waals surface area contributed by atoms with E-state index in [1.807, 2.05) is 60.7 Å². The van der Waals surface area contributed by atoms with Gasteiger partial charge in [0.2, 0.25) is 11.9 Å². The number of halogens is 1. The molecule has 1 aromatic heterocycles. The van der Waals surface area contributed by atoms with Crippen molar-refractivity contribution in [2.75, 3.05) is 0 Å². The highest BCUT2D eigenvalue weighted by Gasteiger charge is 2.24. The highest BCUT2D eigenvalue weighted by Crippen LogP contribution is 2.47. The van der Waals surface area contributed by atoms with Crippen LogP contribution < -0.4 is 9.79 Å². The maximum Gasteiger partial charge on any atom is 0.239 e. The molecule has 0 spiro atoms. The van der Waals surface area contributed by atoms with Crippen molar-refractivity contribution in [2.45, 2.75) is 16.6 Å². The Morgan fingerprint density at radius 2 is 1.77 bits per heavy atom. The van der Waals surface area contributed by atoms with Gasteiger partial charge >= 0.3 is 0 Å². The van der Waals surface area contributed by atoms with Gasteiger partial charge in [0.25, 0.3) is 0 Å². The van der Waals surface area contributed by atoms with Crippen LogP contribution in [0.3, 0.4) is 0 Å². The Bertz CT molecular complexity index is 1240. The second kappa shape index (κ2) is 7.97. The van der Waals surface area contributed by atoms with Crippen LogP contribution in [0.25, 0.3) is 5.69 Å². The van der Waals surface area contributed by atoms with Crippen molar-refractivity contribution >= 4 is 34.8 Å². The molecule has 0 saturated heterocycles. The minimum atomic E-state index is -0.483. The minimum absolute atomic E-state index is 0.147. The summed E-state index contributed by atoms with van der Waals surface area (Å²) in [6, 6.07) is 23.9. The zero-order valence-corrected chi connectivity index (χ0v) is 17.3. The molecule has 2 heterocycles. The minimum Gasteiger partial charge on any atom is -0.539 e. The topological polar surface area (TPSA) is 65.3 Å². The summed E-state index contributed by atoms with van der Waals surface area (Å²) in [7, 11) is 0. The van der Waals surface area contributed by atoms with Gasteiger partial charge in [-0.2, -0.15) is 0 Å². The van der Waals surface area contributed by atoms with E-state index in [4.69, 9.17) is 16.6 Å². The van der Waals surface area contributed by atoms with Crippen molar-refractivity contribution in [2.24, 2.45) is 4.99 Å². The molecule has 1 aliphatic rings. The van der Waals surface area contributed by atoms with Crippen LogP contribution in [0.1, 0.15) is 22.8 Å². The molecule has 7 heteroatoms. The average molecular weight is 434 g/mol. The Hall–Kier alpha value is -3.09. The number of benzene rings is 3. The van der Waals surface area contributed by atoms with Gasteiger partial charge in [-0.1, -0.05) is 41.9 Å². The van der Waals surface area contributed by atoms with Crippen molar-refractivity contribution in [3.05, 3.63) is 95.1 Å². The first-order valence-corrected chi connectivity index (χ1v) is 10.7. The fraction of sp³-hybridized carbons (Fsp3) is 0.0870. The number of thioether (sulfide) groups is 1. The van der Waals surface area contributed by atoms with E-state index in [0.29, 0.717) is 0 Å². The standard InChI is InChI=1S/C23H16ClN3O2S/c24-18-6-2-1-5-17(18)22-13-20(25-19-7-3-4-8-21(19)30-22)15-9-11-16(12-10-15)27-14-23(28)29-26-27/h1-12,14,22H,13H2. The maximum atomic E-state index is 11.2. The summed E-state index contributed by atoms with van der Waals surface area (Å²) in [5, 5.41) is 15.9. The molecule has 1 atom stereocenters. The summed E-state index contributed by atoms with van der Waals surface area (Å²) in [6.45, 7) is 0. The van der Waals surface area contributed by atoms with E-state index < -0.39 is 5.95 Å². The normalized spacial score (nSPS) is 15.9. The van der Waals surface area contributed by atoms with Crippen LogP contribution in [0.4, 0.5) is 5.69 Å². The van der Waals surface area contributed by atoms with Gasteiger partial charge in [-0.3, -0.25) is 4.99 Å². The van der Waals surface area contributed by atoms with Crippen LogP contribution >= 0.6 is 23.4 Å². The number of aliphatic imine (C=N–C) groups is 1. The van der Waals surface area contributed by atoms with Gasteiger partial charge in [-0.05, 0) is 46.1 Å². The lowest BCUT2D eigenvalue weighted by atomic mass is 10.0. The quantitative estimate of drug-likeness (QED) is 0.425. The Morgan fingerprint density at radius 1 is 1.00 bits per heavy atom. The number of rotatable bonds is 3. The van der Waals surface area contributed by atoms with Crippen LogP contribution in [0.15, 0.2) is 93.4 Å². The lowest BCUT2D eigenvalue weighted by Gasteiger charge is -2.17. The summed E-state index contributed by atoms with van der Waals surface area (Å²) in [5.74, 6) is -0.483. The van der Waals surface area contributed by atoms with E-state index in [9.17, 15) is 5.11 Å². The van der Waals surface area contributed by atoms with Gasteiger partial charge in [-0.15, -0.1) is 11.8 Å². The summed E-state index contributed by atoms with van der Waals surface area (Å²) in [6.07, 6.45) is 2.04. The Balaban J connectivity index is 1.54. The van der Waals surface area contributed by atoms with Crippen LogP contribution in [0.5, 0.6) is 5.95 Å². The fourth-order valence-electron chi connectivity index (χ4n) is 3.46. The van der Waals surface area contributed by atoms with E-state index in [1.165, 1.54) is 10.9 Å². The number of para-hydroxylation sites is 1. The molecular weight excluding hydrogens is 418 g/mol. The molecule has 4 aromatic rings. The molecule has 30 heavy (non-hydrogen) atoms. The molecule has 0 saturated carbocycles. The predicted molar refractivity (Wildman–Crippen MR) is 115 cm³/mol. The summed E-state index contributed by atoms with van der Waals surface area (Å²) in [5.41, 5.74) is 4.80. The second-order valence-corrected chi connectivity index (χ2v) is 8.52. The molecule has 1 unspecified atom stereocenters.